The highest BCUT2D eigenvalue weighted by atomic mass is 16.4. The standard InChI is InChI=1S/C15H15N3O3/c16-14(19)12-2-1-3-13(18-12)17-9-8-10-4-6-11(7-5-10)15(20)21/h1-7H,8-9H2,(H2,16,19)(H,17,18)(H,20,21). The van der Waals surface area contributed by atoms with Crippen LogP contribution < -0.4 is 11.1 Å². The van der Waals surface area contributed by atoms with Crippen LogP contribution in [0.15, 0.2) is 42.5 Å². The van der Waals surface area contributed by atoms with Crippen molar-refractivity contribution in [2.45, 2.75) is 6.42 Å². The van der Waals surface area contributed by atoms with Crippen molar-refractivity contribution >= 4 is 17.7 Å². The maximum absolute atomic E-state index is 11.0. The lowest BCUT2D eigenvalue weighted by Gasteiger charge is -2.06. The van der Waals surface area contributed by atoms with Crippen LogP contribution in [0, 0.1) is 0 Å². The van der Waals surface area contributed by atoms with Gasteiger partial charge in [-0.05, 0) is 36.2 Å². The monoisotopic (exact) mass is 285 g/mol. The molecule has 108 valence electrons. The SMILES string of the molecule is NC(=O)c1cccc(NCCc2ccc(C(=O)O)cc2)n1. The van der Waals surface area contributed by atoms with Gasteiger partial charge in [0.25, 0.3) is 5.91 Å². The van der Waals surface area contributed by atoms with E-state index in [0.29, 0.717) is 18.8 Å². The smallest absolute Gasteiger partial charge is 0.335 e. The molecule has 1 heterocycles. The molecule has 0 bridgehead atoms. The van der Waals surface area contributed by atoms with Gasteiger partial charge in [0.05, 0.1) is 5.56 Å². The van der Waals surface area contributed by atoms with E-state index < -0.39 is 11.9 Å². The molecule has 0 saturated carbocycles. The number of nitrogens with two attached hydrogens (primary N) is 1. The molecule has 0 atom stereocenters. The van der Waals surface area contributed by atoms with E-state index in [1.807, 2.05) is 0 Å². The van der Waals surface area contributed by atoms with E-state index in [9.17, 15) is 9.59 Å². The number of primary amides is 1. The van der Waals surface area contributed by atoms with Gasteiger partial charge in [-0.3, -0.25) is 4.79 Å². The summed E-state index contributed by atoms with van der Waals surface area (Å²) in [4.78, 5) is 25.8. The molecule has 1 aromatic heterocycles. The van der Waals surface area contributed by atoms with Crippen LogP contribution in [-0.4, -0.2) is 28.5 Å². The first-order valence-electron chi connectivity index (χ1n) is 6.39. The lowest BCUT2D eigenvalue weighted by molar-refractivity contribution is 0.0696. The van der Waals surface area contributed by atoms with Gasteiger partial charge < -0.3 is 16.2 Å². The van der Waals surface area contributed by atoms with E-state index in [1.54, 1.807) is 42.5 Å². The second kappa shape index (κ2) is 6.51. The Morgan fingerprint density at radius 2 is 1.86 bits per heavy atom. The normalized spacial score (nSPS) is 10.1. The molecular formula is C15H15N3O3. The van der Waals surface area contributed by atoms with Gasteiger partial charge >= 0.3 is 5.97 Å². The fourth-order valence-electron chi connectivity index (χ4n) is 1.82. The van der Waals surface area contributed by atoms with Gasteiger partial charge in [0.1, 0.15) is 11.5 Å². The van der Waals surface area contributed by atoms with Crippen molar-refractivity contribution in [1.29, 1.82) is 0 Å². The molecule has 1 aromatic carbocycles. The number of carbonyl (C=O) groups excluding carboxylic acids is 1. The summed E-state index contributed by atoms with van der Waals surface area (Å²) >= 11 is 0. The molecular weight excluding hydrogens is 270 g/mol. The number of rotatable bonds is 6. The fourth-order valence-corrected chi connectivity index (χ4v) is 1.82. The summed E-state index contributed by atoms with van der Waals surface area (Å²) < 4.78 is 0. The third kappa shape index (κ3) is 4.04. The minimum Gasteiger partial charge on any atom is -0.478 e. The number of benzene rings is 1. The maximum atomic E-state index is 11.0. The lowest BCUT2D eigenvalue weighted by Crippen LogP contribution is -2.14. The van der Waals surface area contributed by atoms with Gasteiger partial charge in [0.15, 0.2) is 0 Å². The summed E-state index contributed by atoms with van der Waals surface area (Å²) in [5.74, 6) is -0.927. The Balaban J connectivity index is 1.90. The molecule has 21 heavy (non-hydrogen) atoms. The van der Waals surface area contributed by atoms with Crippen LogP contribution in [0.2, 0.25) is 0 Å². The number of pyridine rings is 1. The van der Waals surface area contributed by atoms with Crippen molar-refractivity contribution in [2.75, 3.05) is 11.9 Å². The van der Waals surface area contributed by atoms with Crippen LogP contribution >= 0.6 is 0 Å². The van der Waals surface area contributed by atoms with Gasteiger partial charge in [-0.15, -0.1) is 0 Å². The van der Waals surface area contributed by atoms with Crippen LogP contribution in [0.3, 0.4) is 0 Å². The number of hydrogen-bond donors (Lipinski definition) is 3. The lowest BCUT2D eigenvalue weighted by atomic mass is 10.1. The van der Waals surface area contributed by atoms with E-state index in [2.05, 4.69) is 10.3 Å². The average Bonchev–Trinajstić information content (AvgIpc) is 2.48. The van der Waals surface area contributed by atoms with Crippen molar-refractivity contribution in [1.82, 2.24) is 4.98 Å². The van der Waals surface area contributed by atoms with Crippen LogP contribution in [0.5, 0.6) is 0 Å². The first-order valence-corrected chi connectivity index (χ1v) is 6.39. The van der Waals surface area contributed by atoms with Crippen LogP contribution in [0.1, 0.15) is 26.4 Å². The second-order valence-corrected chi connectivity index (χ2v) is 4.45. The number of anilines is 1. The molecule has 0 fully saturated rings. The summed E-state index contributed by atoms with van der Waals surface area (Å²) in [5, 5.41) is 11.9. The summed E-state index contributed by atoms with van der Waals surface area (Å²) in [6.45, 7) is 0.613. The topological polar surface area (TPSA) is 105 Å². The van der Waals surface area contributed by atoms with Crippen molar-refractivity contribution in [3.8, 4) is 0 Å². The zero-order valence-electron chi connectivity index (χ0n) is 11.2. The van der Waals surface area contributed by atoms with Gasteiger partial charge in [-0.25, -0.2) is 9.78 Å². The van der Waals surface area contributed by atoms with Crippen LogP contribution in [0.4, 0.5) is 5.82 Å². The molecule has 0 aliphatic rings. The molecule has 6 heteroatoms. The number of hydrogen-bond acceptors (Lipinski definition) is 4. The maximum Gasteiger partial charge on any atom is 0.335 e. The number of nitrogens with zero attached hydrogens (tertiary/aromatic N) is 1. The van der Waals surface area contributed by atoms with Crippen molar-refractivity contribution in [3.05, 3.63) is 59.3 Å². The predicted octanol–water partition coefficient (Wildman–Crippen LogP) is 1.53. The first kappa shape index (κ1) is 14.5. The highest BCUT2D eigenvalue weighted by Gasteiger charge is 2.04. The highest BCUT2D eigenvalue weighted by Crippen LogP contribution is 2.07. The molecule has 2 rings (SSSR count). The molecule has 4 N–H and O–H groups in total. The molecule has 1 amide bonds. The van der Waals surface area contributed by atoms with E-state index >= 15 is 0 Å². The van der Waals surface area contributed by atoms with Crippen molar-refractivity contribution < 1.29 is 14.7 Å². The number of nitrogens with one attached hydrogen (secondary N) is 1. The molecule has 0 aliphatic heterocycles. The Morgan fingerprint density at radius 3 is 2.48 bits per heavy atom. The molecule has 0 saturated heterocycles. The largest absolute Gasteiger partial charge is 0.478 e. The van der Waals surface area contributed by atoms with E-state index in [1.165, 1.54) is 0 Å². The highest BCUT2D eigenvalue weighted by molar-refractivity contribution is 5.91. The Bertz CT molecular complexity index is 653. The molecule has 0 radical (unpaired) electrons. The van der Waals surface area contributed by atoms with Crippen molar-refractivity contribution in [2.24, 2.45) is 5.73 Å². The number of amides is 1. The van der Waals surface area contributed by atoms with Crippen LogP contribution in [-0.2, 0) is 6.42 Å². The van der Waals surface area contributed by atoms with E-state index in [0.717, 1.165) is 5.56 Å². The van der Waals surface area contributed by atoms with E-state index in [4.69, 9.17) is 10.8 Å². The fraction of sp³-hybridized carbons (Fsp3) is 0.133. The second-order valence-electron chi connectivity index (χ2n) is 4.45. The van der Waals surface area contributed by atoms with Gasteiger partial charge in [0.2, 0.25) is 0 Å². The average molecular weight is 285 g/mol. The van der Waals surface area contributed by atoms with Crippen molar-refractivity contribution in [3.63, 3.8) is 0 Å². The quantitative estimate of drug-likeness (QED) is 0.746. The molecule has 2 aromatic rings. The number of aromatic carboxylic acids is 1. The summed E-state index contributed by atoms with van der Waals surface area (Å²) in [6.07, 6.45) is 0.711. The minimum absolute atomic E-state index is 0.214. The number of carbonyl (C=O) groups is 2. The summed E-state index contributed by atoms with van der Waals surface area (Å²) in [7, 11) is 0. The number of carboxylic acid groups (broad SMARTS) is 1. The van der Waals surface area contributed by atoms with E-state index in [-0.39, 0.29) is 11.3 Å². The molecule has 0 unspecified atom stereocenters. The third-order valence-electron chi connectivity index (χ3n) is 2.92. The number of carboxylic acids is 1. The molecule has 0 spiro atoms. The zero-order chi connectivity index (χ0) is 15.2. The molecule has 6 nitrogen and oxygen atoms in total. The Hall–Kier alpha value is -2.89. The first-order chi connectivity index (χ1) is 10.1. The Labute approximate surface area is 121 Å². The van der Waals surface area contributed by atoms with Gasteiger partial charge in [-0.2, -0.15) is 0 Å². The van der Waals surface area contributed by atoms with Crippen LogP contribution in [0.25, 0.3) is 0 Å². The van der Waals surface area contributed by atoms with Gasteiger partial charge in [0, 0.05) is 6.54 Å². The minimum atomic E-state index is -0.938. The Morgan fingerprint density at radius 1 is 1.14 bits per heavy atom. The Kier molecular flexibility index (Phi) is 4.50. The summed E-state index contributed by atoms with van der Waals surface area (Å²) in [5.41, 5.74) is 6.66. The predicted molar refractivity (Wildman–Crippen MR) is 78.3 cm³/mol. The number of aromatic nitrogens is 1. The molecule has 0 aliphatic carbocycles. The zero-order valence-corrected chi connectivity index (χ0v) is 11.2. The third-order valence-corrected chi connectivity index (χ3v) is 2.92. The summed E-state index contributed by atoms with van der Waals surface area (Å²) in [6, 6.07) is 11.7. The van der Waals surface area contributed by atoms with Gasteiger partial charge in [-0.1, -0.05) is 18.2 Å².